The molecular weight excluding hydrogens is 232 g/mol. The van der Waals surface area contributed by atoms with Crippen LogP contribution in [0.3, 0.4) is 0 Å². The fourth-order valence-corrected chi connectivity index (χ4v) is 1.73. The topological polar surface area (TPSA) is 17.1 Å². The maximum absolute atomic E-state index is 11.5. The second-order valence-electron chi connectivity index (χ2n) is 3.60. The van der Waals surface area contributed by atoms with Gasteiger partial charge >= 0.3 is 0 Å². The highest BCUT2D eigenvalue weighted by Crippen LogP contribution is 2.19. The third kappa shape index (κ3) is 2.83. The Kier molecular flexibility index (Phi) is 3.73. The normalized spacial score (nSPS) is 10.6. The number of allylic oxidation sites excluding steroid dienone is 1. The minimum Gasteiger partial charge on any atom is -0.289 e. The van der Waals surface area contributed by atoms with Crippen LogP contribution in [0.4, 0.5) is 0 Å². The van der Waals surface area contributed by atoms with E-state index in [9.17, 15) is 4.79 Å². The first kappa shape index (κ1) is 11.6. The van der Waals surface area contributed by atoms with Crippen molar-refractivity contribution in [3.8, 4) is 11.1 Å². The van der Waals surface area contributed by atoms with Gasteiger partial charge in [0.25, 0.3) is 0 Å². The summed E-state index contributed by atoms with van der Waals surface area (Å²) in [6, 6.07) is 17.5. The van der Waals surface area contributed by atoms with E-state index in [1.54, 1.807) is 0 Å². The van der Waals surface area contributed by atoms with Crippen molar-refractivity contribution in [3.05, 3.63) is 71.8 Å². The quantitative estimate of drug-likeness (QED) is 0.580. The molecule has 0 aromatic heterocycles. The van der Waals surface area contributed by atoms with Gasteiger partial charge in [-0.1, -0.05) is 66.2 Å². The lowest BCUT2D eigenvalue weighted by molar-refractivity contribution is 0.104. The summed E-state index contributed by atoms with van der Waals surface area (Å²) in [6.45, 7) is 0. The molecule has 0 fully saturated rings. The van der Waals surface area contributed by atoms with Gasteiger partial charge in [-0.15, -0.1) is 0 Å². The van der Waals surface area contributed by atoms with Gasteiger partial charge in [-0.05, 0) is 17.2 Å². The lowest BCUT2D eigenvalue weighted by atomic mass is 10.0. The molecule has 17 heavy (non-hydrogen) atoms. The van der Waals surface area contributed by atoms with Gasteiger partial charge in [0.15, 0.2) is 5.78 Å². The molecule has 0 N–H and O–H groups in total. The molecule has 0 radical (unpaired) electrons. The van der Waals surface area contributed by atoms with Crippen LogP contribution in [0, 0.1) is 0 Å². The molecule has 0 aliphatic rings. The van der Waals surface area contributed by atoms with Crippen LogP contribution < -0.4 is 0 Å². The van der Waals surface area contributed by atoms with Crippen LogP contribution in [0.1, 0.15) is 10.4 Å². The van der Waals surface area contributed by atoms with E-state index < -0.39 is 0 Å². The van der Waals surface area contributed by atoms with Gasteiger partial charge in [0.2, 0.25) is 0 Å². The Hall–Kier alpha value is -1.86. The first-order valence-electron chi connectivity index (χ1n) is 5.28. The van der Waals surface area contributed by atoms with Crippen molar-refractivity contribution < 1.29 is 4.79 Å². The smallest absolute Gasteiger partial charge is 0.186 e. The van der Waals surface area contributed by atoms with Gasteiger partial charge in [0.05, 0.1) is 0 Å². The zero-order valence-electron chi connectivity index (χ0n) is 9.14. The molecule has 2 rings (SSSR count). The van der Waals surface area contributed by atoms with E-state index in [1.807, 2.05) is 54.6 Å². The molecule has 0 saturated carbocycles. The molecule has 2 heteroatoms. The molecule has 0 atom stereocenters. The van der Waals surface area contributed by atoms with E-state index in [2.05, 4.69) is 0 Å². The third-order valence-electron chi connectivity index (χ3n) is 2.49. The number of carbonyl (C=O) groups excluding carboxylic acids is 1. The number of benzene rings is 2. The minimum absolute atomic E-state index is 0.0837. The highest BCUT2D eigenvalue weighted by Gasteiger charge is 2.02. The molecule has 0 saturated heterocycles. The maximum Gasteiger partial charge on any atom is 0.186 e. The van der Waals surface area contributed by atoms with E-state index in [-0.39, 0.29) is 5.78 Å². The van der Waals surface area contributed by atoms with Crippen LogP contribution in [0.15, 0.2) is 66.2 Å². The van der Waals surface area contributed by atoms with Crippen LogP contribution in [0.5, 0.6) is 0 Å². The highest BCUT2D eigenvalue weighted by atomic mass is 35.5. The van der Waals surface area contributed by atoms with Crippen LogP contribution >= 0.6 is 11.6 Å². The van der Waals surface area contributed by atoms with Crippen LogP contribution in [-0.2, 0) is 0 Å². The van der Waals surface area contributed by atoms with Gasteiger partial charge < -0.3 is 0 Å². The van der Waals surface area contributed by atoms with E-state index in [1.165, 1.54) is 11.6 Å². The van der Waals surface area contributed by atoms with Gasteiger partial charge in [-0.2, -0.15) is 0 Å². The SMILES string of the molecule is O=C(/C=C/Cl)c1ccc(-c2ccccc2)cc1. The molecule has 1 nitrogen and oxygen atoms in total. The largest absolute Gasteiger partial charge is 0.289 e. The Morgan fingerprint density at radius 3 is 2.06 bits per heavy atom. The fourth-order valence-electron chi connectivity index (χ4n) is 1.61. The zero-order chi connectivity index (χ0) is 12.1. The van der Waals surface area contributed by atoms with E-state index in [0.717, 1.165) is 11.1 Å². The molecule has 0 spiro atoms. The standard InChI is InChI=1S/C15H11ClO/c16-11-10-15(17)14-8-6-13(7-9-14)12-4-2-1-3-5-12/h1-11H/b11-10+. The average Bonchev–Trinajstić information content (AvgIpc) is 2.40. The Morgan fingerprint density at radius 2 is 1.47 bits per heavy atom. The van der Waals surface area contributed by atoms with Crippen molar-refractivity contribution in [2.24, 2.45) is 0 Å². The molecule has 0 amide bonds. The number of hydrogen-bond acceptors (Lipinski definition) is 1. The van der Waals surface area contributed by atoms with Gasteiger partial charge in [-0.25, -0.2) is 0 Å². The van der Waals surface area contributed by atoms with Crippen molar-refractivity contribution >= 4 is 17.4 Å². The number of halogens is 1. The first-order chi connectivity index (χ1) is 8.31. The fraction of sp³-hybridized carbons (Fsp3) is 0. The summed E-state index contributed by atoms with van der Waals surface area (Å²) in [7, 11) is 0. The summed E-state index contributed by atoms with van der Waals surface area (Å²) in [5.41, 5.74) is 4.10. The predicted molar refractivity (Wildman–Crippen MR) is 71.2 cm³/mol. The van der Waals surface area contributed by atoms with E-state index in [0.29, 0.717) is 5.56 Å². The van der Waals surface area contributed by atoms with Crippen LogP contribution in [-0.4, -0.2) is 5.78 Å². The Balaban J connectivity index is 2.28. The lowest BCUT2D eigenvalue weighted by Gasteiger charge is -2.02. The number of rotatable bonds is 3. The van der Waals surface area contributed by atoms with Crippen LogP contribution in [0.25, 0.3) is 11.1 Å². The monoisotopic (exact) mass is 242 g/mol. The Labute approximate surface area is 105 Å². The number of ketones is 1. The highest BCUT2D eigenvalue weighted by molar-refractivity contribution is 6.27. The zero-order valence-corrected chi connectivity index (χ0v) is 9.89. The molecule has 0 bridgehead atoms. The number of carbonyl (C=O) groups is 1. The summed E-state index contributed by atoms with van der Waals surface area (Å²) in [5.74, 6) is -0.0837. The van der Waals surface area contributed by atoms with Crippen molar-refractivity contribution in [3.63, 3.8) is 0 Å². The Morgan fingerprint density at radius 1 is 0.882 bits per heavy atom. The summed E-state index contributed by atoms with van der Waals surface area (Å²) in [5, 5.41) is 0. The molecule has 2 aromatic rings. The second kappa shape index (κ2) is 5.46. The average molecular weight is 243 g/mol. The second-order valence-corrected chi connectivity index (χ2v) is 3.85. The third-order valence-corrected chi connectivity index (χ3v) is 2.62. The summed E-state index contributed by atoms with van der Waals surface area (Å²) in [6.07, 6.45) is 1.35. The Bertz CT molecular complexity index is 527. The van der Waals surface area contributed by atoms with Crippen LogP contribution in [0.2, 0.25) is 0 Å². The van der Waals surface area contributed by atoms with Crippen molar-refractivity contribution in [2.45, 2.75) is 0 Å². The number of hydrogen-bond donors (Lipinski definition) is 0. The summed E-state index contributed by atoms with van der Waals surface area (Å²) >= 11 is 5.37. The molecule has 0 unspecified atom stereocenters. The van der Waals surface area contributed by atoms with Gasteiger partial charge in [0.1, 0.15) is 0 Å². The summed E-state index contributed by atoms with van der Waals surface area (Å²) in [4.78, 5) is 11.5. The van der Waals surface area contributed by atoms with Crippen molar-refractivity contribution in [1.29, 1.82) is 0 Å². The molecular formula is C15H11ClO. The van der Waals surface area contributed by atoms with Gasteiger partial charge in [-0.3, -0.25) is 4.79 Å². The molecule has 0 heterocycles. The molecule has 0 aliphatic carbocycles. The van der Waals surface area contributed by atoms with E-state index >= 15 is 0 Å². The molecule has 84 valence electrons. The maximum atomic E-state index is 11.5. The van der Waals surface area contributed by atoms with Crippen molar-refractivity contribution in [1.82, 2.24) is 0 Å². The summed E-state index contributed by atoms with van der Waals surface area (Å²) < 4.78 is 0. The molecule has 2 aromatic carbocycles. The van der Waals surface area contributed by atoms with Gasteiger partial charge in [0, 0.05) is 11.1 Å². The molecule has 0 aliphatic heterocycles. The minimum atomic E-state index is -0.0837. The lowest BCUT2D eigenvalue weighted by Crippen LogP contribution is -1.93. The van der Waals surface area contributed by atoms with E-state index in [4.69, 9.17) is 11.6 Å². The van der Waals surface area contributed by atoms with Crippen molar-refractivity contribution in [2.75, 3.05) is 0 Å². The first-order valence-corrected chi connectivity index (χ1v) is 5.71. The predicted octanol–water partition coefficient (Wildman–Crippen LogP) is 4.29.